The van der Waals surface area contributed by atoms with Crippen molar-refractivity contribution in [3.05, 3.63) is 46.8 Å². The number of nitrogens with zero attached hydrogens (tertiary/aromatic N) is 1. The quantitative estimate of drug-likeness (QED) is 0.569. The van der Waals surface area contributed by atoms with Gasteiger partial charge in [0.05, 0.1) is 5.71 Å². The maximum absolute atomic E-state index is 6.22. The Morgan fingerprint density at radius 1 is 1.18 bits per heavy atom. The topological polar surface area (TPSA) is 64.4 Å². The highest BCUT2D eigenvalue weighted by molar-refractivity contribution is 6.11. The SMILES string of the molecule is C=CC(C(/C=C(\C)N)=NCC)=C(C)C(=C(C)N)C1CCCC1. The van der Waals surface area contributed by atoms with Gasteiger partial charge in [0.1, 0.15) is 0 Å². The van der Waals surface area contributed by atoms with Crippen LogP contribution in [-0.4, -0.2) is 12.3 Å². The summed E-state index contributed by atoms with van der Waals surface area (Å²) >= 11 is 0. The zero-order valence-electron chi connectivity index (χ0n) is 14.6. The van der Waals surface area contributed by atoms with E-state index in [-0.39, 0.29) is 0 Å². The van der Waals surface area contributed by atoms with Gasteiger partial charge >= 0.3 is 0 Å². The zero-order chi connectivity index (χ0) is 16.7. The fraction of sp³-hybridized carbons (Fsp3) is 0.526. The molecule has 1 rings (SSSR count). The molecule has 0 spiro atoms. The lowest BCUT2D eigenvalue weighted by Crippen LogP contribution is -2.12. The van der Waals surface area contributed by atoms with Gasteiger partial charge < -0.3 is 11.5 Å². The number of hydrogen-bond donors (Lipinski definition) is 2. The molecule has 0 unspecified atom stereocenters. The molecule has 3 heteroatoms. The van der Waals surface area contributed by atoms with Crippen molar-refractivity contribution in [3.63, 3.8) is 0 Å². The van der Waals surface area contributed by atoms with Crippen molar-refractivity contribution in [2.75, 3.05) is 6.54 Å². The van der Waals surface area contributed by atoms with Crippen LogP contribution < -0.4 is 11.5 Å². The summed E-state index contributed by atoms with van der Waals surface area (Å²) in [6.07, 6.45) is 8.81. The highest BCUT2D eigenvalue weighted by Gasteiger charge is 2.23. The molecular weight excluding hydrogens is 270 g/mol. The Balaban J connectivity index is 3.40. The molecule has 3 nitrogen and oxygen atoms in total. The van der Waals surface area contributed by atoms with Gasteiger partial charge in [-0.25, -0.2) is 0 Å². The highest BCUT2D eigenvalue weighted by Crippen LogP contribution is 2.37. The van der Waals surface area contributed by atoms with Crippen LogP contribution in [0.15, 0.2) is 51.8 Å². The number of allylic oxidation sites excluding steroid dienone is 7. The molecule has 1 aliphatic rings. The summed E-state index contributed by atoms with van der Waals surface area (Å²) in [5.74, 6) is 0.561. The second-order valence-corrected chi connectivity index (χ2v) is 6.07. The first kappa shape index (κ1) is 18.3. The van der Waals surface area contributed by atoms with Crippen LogP contribution in [0.1, 0.15) is 53.4 Å². The molecule has 22 heavy (non-hydrogen) atoms. The third kappa shape index (κ3) is 4.62. The Bertz CT molecular complexity index is 519. The smallest absolute Gasteiger partial charge is 0.0666 e. The van der Waals surface area contributed by atoms with Crippen LogP contribution in [0.5, 0.6) is 0 Å². The fourth-order valence-electron chi connectivity index (χ4n) is 3.33. The van der Waals surface area contributed by atoms with E-state index < -0.39 is 0 Å². The molecule has 0 amide bonds. The Kier molecular flexibility index (Phi) is 7.16. The van der Waals surface area contributed by atoms with E-state index in [0.717, 1.165) is 22.7 Å². The van der Waals surface area contributed by atoms with Gasteiger partial charge in [-0.2, -0.15) is 0 Å². The molecule has 0 bridgehead atoms. The van der Waals surface area contributed by atoms with Crippen molar-refractivity contribution in [2.45, 2.75) is 53.4 Å². The van der Waals surface area contributed by atoms with Crippen LogP contribution in [0.25, 0.3) is 0 Å². The minimum atomic E-state index is 0.561. The van der Waals surface area contributed by atoms with Crippen LogP contribution in [0.2, 0.25) is 0 Å². The molecule has 1 aliphatic carbocycles. The summed E-state index contributed by atoms with van der Waals surface area (Å²) in [4.78, 5) is 4.59. The Morgan fingerprint density at radius 3 is 2.18 bits per heavy atom. The molecule has 0 heterocycles. The van der Waals surface area contributed by atoms with Gasteiger partial charge in [-0.3, -0.25) is 4.99 Å². The molecule has 122 valence electrons. The average molecular weight is 301 g/mol. The van der Waals surface area contributed by atoms with Crippen LogP contribution in [0.3, 0.4) is 0 Å². The number of aliphatic imine (C=N–C) groups is 1. The van der Waals surface area contributed by atoms with Crippen LogP contribution in [0.4, 0.5) is 0 Å². The first-order valence-corrected chi connectivity index (χ1v) is 8.20. The largest absolute Gasteiger partial charge is 0.402 e. The molecular formula is C19H31N3. The van der Waals surface area contributed by atoms with E-state index in [2.05, 4.69) is 18.5 Å². The highest BCUT2D eigenvalue weighted by atomic mass is 14.7. The zero-order valence-corrected chi connectivity index (χ0v) is 14.6. The molecule has 0 radical (unpaired) electrons. The van der Waals surface area contributed by atoms with E-state index in [0.29, 0.717) is 12.5 Å². The van der Waals surface area contributed by atoms with E-state index in [9.17, 15) is 0 Å². The second kappa shape index (κ2) is 8.62. The minimum Gasteiger partial charge on any atom is -0.402 e. The predicted octanol–water partition coefficient (Wildman–Crippen LogP) is 4.24. The van der Waals surface area contributed by atoms with Crippen LogP contribution in [0, 0.1) is 5.92 Å². The van der Waals surface area contributed by atoms with E-state index in [4.69, 9.17) is 11.5 Å². The van der Waals surface area contributed by atoms with Crippen molar-refractivity contribution < 1.29 is 0 Å². The fourth-order valence-corrected chi connectivity index (χ4v) is 3.33. The molecule has 1 fully saturated rings. The van der Waals surface area contributed by atoms with Crippen LogP contribution >= 0.6 is 0 Å². The van der Waals surface area contributed by atoms with Gasteiger partial charge in [0, 0.05) is 23.5 Å². The van der Waals surface area contributed by atoms with Crippen LogP contribution in [-0.2, 0) is 0 Å². The summed E-state index contributed by atoms with van der Waals surface area (Å²) in [5, 5.41) is 0. The summed E-state index contributed by atoms with van der Waals surface area (Å²) in [7, 11) is 0. The van der Waals surface area contributed by atoms with Crippen molar-refractivity contribution in [3.8, 4) is 0 Å². The summed E-state index contributed by atoms with van der Waals surface area (Å²) in [6, 6.07) is 0. The lowest BCUT2D eigenvalue weighted by atomic mass is 9.86. The van der Waals surface area contributed by atoms with Gasteiger partial charge in [-0.05, 0) is 63.7 Å². The monoisotopic (exact) mass is 301 g/mol. The molecule has 0 aliphatic heterocycles. The minimum absolute atomic E-state index is 0.561. The van der Waals surface area contributed by atoms with E-state index in [1.807, 2.05) is 32.9 Å². The van der Waals surface area contributed by atoms with Crippen molar-refractivity contribution >= 4 is 5.71 Å². The van der Waals surface area contributed by atoms with Gasteiger partial charge in [0.25, 0.3) is 0 Å². The summed E-state index contributed by atoms with van der Waals surface area (Å²) < 4.78 is 0. The third-order valence-electron chi connectivity index (χ3n) is 4.17. The Morgan fingerprint density at radius 2 is 1.77 bits per heavy atom. The predicted molar refractivity (Wildman–Crippen MR) is 97.7 cm³/mol. The standard InChI is InChI=1S/C19H31N3/c1-6-17(18(22-7-2)12-13(3)20)14(4)19(15(5)21)16-10-8-9-11-16/h6,12,16H,1,7-11,20-21H2,2-5H3/b13-12+,17-14?,19-15?,22-18?. The van der Waals surface area contributed by atoms with E-state index in [1.165, 1.54) is 36.8 Å². The second-order valence-electron chi connectivity index (χ2n) is 6.07. The lowest BCUT2D eigenvalue weighted by molar-refractivity contribution is 0.640. The maximum atomic E-state index is 6.22. The van der Waals surface area contributed by atoms with Gasteiger partial charge in [0.2, 0.25) is 0 Å². The summed E-state index contributed by atoms with van der Waals surface area (Å²) in [6.45, 7) is 12.7. The molecule has 0 aromatic carbocycles. The molecule has 1 saturated carbocycles. The van der Waals surface area contributed by atoms with Crippen molar-refractivity contribution in [1.29, 1.82) is 0 Å². The molecule has 0 aromatic rings. The van der Waals surface area contributed by atoms with Crippen molar-refractivity contribution in [2.24, 2.45) is 22.4 Å². The maximum Gasteiger partial charge on any atom is 0.0666 e. The first-order valence-electron chi connectivity index (χ1n) is 8.20. The molecule has 0 atom stereocenters. The third-order valence-corrected chi connectivity index (χ3v) is 4.17. The lowest BCUT2D eigenvalue weighted by Gasteiger charge is -2.20. The molecule has 0 saturated heterocycles. The number of nitrogens with two attached hydrogens (primary N) is 2. The first-order chi connectivity index (χ1) is 10.4. The van der Waals surface area contributed by atoms with E-state index in [1.54, 1.807) is 0 Å². The van der Waals surface area contributed by atoms with Gasteiger partial charge in [-0.1, -0.05) is 25.5 Å². The number of rotatable bonds is 6. The van der Waals surface area contributed by atoms with E-state index >= 15 is 0 Å². The normalized spacial score (nSPS) is 19.8. The van der Waals surface area contributed by atoms with Crippen molar-refractivity contribution in [1.82, 2.24) is 0 Å². The Labute approximate surface area is 135 Å². The molecule has 0 aromatic heterocycles. The molecule has 4 N–H and O–H groups in total. The Hall–Kier alpha value is -1.77. The summed E-state index contributed by atoms with van der Waals surface area (Å²) in [5.41, 5.74) is 18.1. The van der Waals surface area contributed by atoms with Gasteiger partial charge in [0.15, 0.2) is 0 Å². The number of hydrogen-bond acceptors (Lipinski definition) is 3. The average Bonchev–Trinajstić information content (AvgIpc) is 2.92. The van der Waals surface area contributed by atoms with Gasteiger partial charge in [-0.15, -0.1) is 0 Å².